The lowest BCUT2D eigenvalue weighted by Gasteiger charge is -2.27. The summed E-state index contributed by atoms with van der Waals surface area (Å²) >= 11 is 5.80. The topological polar surface area (TPSA) is 50.9 Å². The van der Waals surface area contributed by atoms with Crippen LogP contribution in [0.2, 0.25) is 5.02 Å². The number of nitrogens with two attached hydrogens (primary N) is 1. The zero-order chi connectivity index (χ0) is 13.5. The molecule has 1 saturated heterocycles. The van der Waals surface area contributed by atoms with Gasteiger partial charge in [-0.05, 0) is 43.5 Å². The van der Waals surface area contributed by atoms with Gasteiger partial charge < -0.3 is 15.4 Å². The average Bonchev–Trinajstić information content (AvgIpc) is 2.46. The third-order valence-electron chi connectivity index (χ3n) is 3.13. The van der Waals surface area contributed by atoms with Gasteiger partial charge >= 0.3 is 0 Å². The molecule has 1 heterocycles. The first-order chi connectivity index (χ1) is 9.25. The Balaban J connectivity index is 1.71. The minimum Gasteiger partial charge on any atom is -0.492 e. The molecule has 0 atom stereocenters. The molecule has 0 bridgehead atoms. The van der Waals surface area contributed by atoms with Gasteiger partial charge in [0.2, 0.25) is 0 Å². The minimum atomic E-state index is 0.524. The second kappa shape index (κ2) is 7.24. The molecule has 5 heteroatoms. The molecule has 0 unspecified atom stereocenters. The lowest BCUT2D eigenvalue weighted by Crippen LogP contribution is -2.41. The van der Waals surface area contributed by atoms with E-state index in [0.717, 1.165) is 18.8 Å². The molecule has 4 nitrogen and oxygen atoms in total. The van der Waals surface area contributed by atoms with Crippen molar-refractivity contribution in [2.45, 2.75) is 19.3 Å². The molecule has 19 heavy (non-hydrogen) atoms. The van der Waals surface area contributed by atoms with Crippen LogP contribution in [0.25, 0.3) is 0 Å². The first-order valence-corrected chi connectivity index (χ1v) is 7.07. The monoisotopic (exact) mass is 281 g/mol. The van der Waals surface area contributed by atoms with Crippen LogP contribution in [0.5, 0.6) is 5.75 Å². The highest BCUT2D eigenvalue weighted by atomic mass is 35.5. The quantitative estimate of drug-likeness (QED) is 0.524. The summed E-state index contributed by atoms with van der Waals surface area (Å²) in [5.74, 6) is 1.44. The van der Waals surface area contributed by atoms with Gasteiger partial charge in [0.15, 0.2) is 5.96 Å². The highest BCUT2D eigenvalue weighted by Gasteiger charge is 2.11. The zero-order valence-corrected chi connectivity index (χ0v) is 11.8. The Bertz CT molecular complexity index is 413. The lowest BCUT2D eigenvalue weighted by molar-refractivity contribution is 0.321. The standard InChI is InChI=1S/C14H20ClN3O/c15-12-4-6-13(7-5-12)19-11-8-17-14(16)18-9-2-1-3-10-18/h4-7H,1-3,8-11H2,(H2,16,17). The summed E-state index contributed by atoms with van der Waals surface area (Å²) in [4.78, 5) is 6.49. The van der Waals surface area contributed by atoms with Crippen molar-refractivity contribution in [2.24, 2.45) is 10.7 Å². The number of benzene rings is 1. The third kappa shape index (κ3) is 4.63. The van der Waals surface area contributed by atoms with E-state index in [-0.39, 0.29) is 0 Å². The summed E-state index contributed by atoms with van der Waals surface area (Å²) in [5, 5.41) is 0.708. The number of halogens is 1. The average molecular weight is 282 g/mol. The van der Waals surface area contributed by atoms with Gasteiger partial charge in [-0.15, -0.1) is 0 Å². The summed E-state index contributed by atoms with van der Waals surface area (Å²) in [6.45, 7) is 3.14. The Labute approximate surface area is 119 Å². The molecule has 0 amide bonds. The van der Waals surface area contributed by atoms with Gasteiger partial charge in [-0.1, -0.05) is 11.6 Å². The third-order valence-corrected chi connectivity index (χ3v) is 3.38. The molecule has 0 aliphatic carbocycles. The largest absolute Gasteiger partial charge is 0.492 e. The van der Waals surface area contributed by atoms with Crippen molar-refractivity contribution < 1.29 is 4.74 Å². The molecule has 1 aliphatic heterocycles. The fourth-order valence-corrected chi connectivity index (χ4v) is 2.20. The number of nitrogens with zero attached hydrogens (tertiary/aromatic N) is 2. The molecule has 2 N–H and O–H groups in total. The van der Waals surface area contributed by atoms with Crippen molar-refractivity contribution in [3.63, 3.8) is 0 Å². The van der Waals surface area contributed by atoms with E-state index in [9.17, 15) is 0 Å². The van der Waals surface area contributed by atoms with Crippen LogP contribution < -0.4 is 10.5 Å². The Kier molecular flexibility index (Phi) is 5.33. The number of aliphatic imine (C=N–C) groups is 1. The van der Waals surface area contributed by atoms with Gasteiger partial charge in [-0.2, -0.15) is 0 Å². The molecule has 1 fully saturated rings. The molecule has 2 rings (SSSR count). The van der Waals surface area contributed by atoms with Crippen molar-refractivity contribution >= 4 is 17.6 Å². The molecule has 0 radical (unpaired) electrons. The van der Waals surface area contributed by atoms with Gasteiger partial charge in [0.25, 0.3) is 0 Å². The van der Waals surface area contributed by atoms with Gasteiger partial charge in [0, 0.05) is 18.1 Å². The summed E-state index contributed by atoms with van der Waals surface area (Å²) < 4.78 is 5.56. The van der Waals surface area contributed by atoms with Crippen LogP contribution >= 0.6 is 11.6 Å². The molecule has 1 aliphatic rings. The predicted octanol–water partition coefficient (Wildman–Crippen LogP) is 2.52. The summed E-state index contributed by atoms with van der Waals surface area (Å²) in [6.07, 6.45) is 3.71. The molecule has 1 aromatic carbocycles. The van der Waals surface area contributed by atoms with Crippen LogP contribution in [0.4, 0.5) is 0 Å². The number of guanidine groups is 1. The second-order valence-electron chi connectivity index (χ2n) is 4.59. The van der Waals surface area contributed by atoms with E-state index in [1.165, 1.54) is 19.3 Å². The van der Waals surface area contributed by atoms with E-state index in [1.807, 2.05) is 24.3 Å². The van der Waals surface area contributed by atoms with Gasteiger partial charge in [0.05, 0.1) is 6.54 Å². The van der Waals surface area contributed by atoms with Gasteiger partial charge in [-0.3, -0.25) is 0 Å². The highest BCUT2D eigenvalue weighted by Crippen LogP contribution is 2.15. The SMILES string of the molecule is NC(=NCCOc1ccc(Cl)cc1)N1CCCCC1. The number of hydrogen-bond acceptors (Lipinski definition) is 2. The van der Waals surface area contributed by atoms with E-state index in [4.69, 9.17) is 22.1 Å². The van der Waals surface area contributed by atoms with Gasteiger partial charge in [0.1, 0.15) is 12.4 Å². The molecular formula is C14H20ClN3O. The Morgan fingerprint density at radius 1 is 1.21 bits per heavy atom. The highest BCUT2D eigenvalue weighted by molar-refractivity contribution is 6.30. The smallest absolute Gasteiger partial charge is 0.191 e. The second-order valence-corrected chi connectivity index (χ2v) is 5.03. The Hall–Kier alpha value is -1.42. The van der Waals surface area contributed by atoms with Crippen molar-refractivity contribution in [3.05, 3.63) is 29.3 Å². The van der Waals surface area contributed by atoms with Crippen LogP contribution in [0, 0.1) is 0 Å². The lowest BCUT2D eigenvalue weighted by atomic mass is 10.1. The molecular weight excluding hydrogens is 262 g/mol. The molecule has 0 saturated carbocycles. The summed E-state index contributed by atoms with van der Waals surface area (Å²) in [7, 11) is 0. The van der Waals surface area contributed by atoms with E-state index < -0.39 is 0 Å². The predicted molar refractivity (Wildman–Crippen MR) is 78.9 cm³/mol. The number of rotatable bonds is 4. The number of likely N-dealkylation sites (tertiary alicyclic amines) is 1. The molecule has 1 aromatic rings. The fraction of sp³-hybridized carbons (Fsp3) is 0.500. The van der Waals surface area contributed by atoms with E-state index in [2.05, 4.69) is 9.89 Å². The van der Waals surface area contributed by atoms with Crippen LogP contribution in [0.1, 0.15) is 19.3 Å². The molecule has 104 valence electrons. The van der Waals surface area contributed by atoms with Gasteiger partial charge in [-0.25, -0.2) is 4.99 Å². The first-order valence-electron chi connectivity index (χ1n) is 6.69. The van der Waals surface area contributed by atoms with E-state index in [1.54, 1.807) is 0 Å². The summed E-state index contributed by atoms with van der Waals surface area (Å²) in [5.41, 5.74) is 5.95. The number of piperidine rings is 1. The maximum absolute atomic E-state index is 5.95. The van der Waals surface area contributed by atoms with Crippen molar-refractivity contribution in [2.75, 3.05) is 26.2 Å². The molecule has 0 aromatic heterocycles. The van der Waals surface area contributed by atoms with Crippen molar-refractivity contribution in [1.82, 2.24) is 4.90 Å². The Morgan fingerprint density at radius 3 is 2.58 bits per heavy atom. The summed E-state index contributed by atoms with van der Waals surface area (Å²) in [6, 6.07) is 7.31. The van der Waals surface area contributed by atoms with Crippen LogP contribution in [0.3, 0.4) is 0 Å². The number of ether oxygens (including phenoxy) is 1. The maximum Gasteiger partial charge on any atom is 0.191 e. The number of hydrogen-bond donors (Lipinski definition) is 1. The maximum atomic E-state index is 5.95. The Morgan fingerprint density at radius 2 is 1.89 bits per heavy atom. The van der Waals surface area contributed by atoms with Crippen molar-refractivity contribution in [1.29, 1.82) is 0 Å². The minimum absolute atomic E-state index is 0.524. The zero-order valence-electron chi connectivity index (χ0n) is 11.0. The van der Waals surface area contributed by atoms with Crippen LogP contribution in [-0.4, -0.2) is 37.1 Å². The van der Waals surface area contributed by atoms with Crippen LogP contribution in [0.15, 0.2) is 29.3 Å². The fourth-order valence-electron chi connectivity index (χ4n) is 2.08. The van der Waals surface area contributed by atoms with Crippen LogP contribution in [-0.2, 0) is 0 Å². The normalized spacial score (nSPS) is 16.5. The first kappa shape index (κ1) is 14.0. The molecule has 0 spiro atoms. The van der Waals surface area contributed by atoms with E-state index in [0.29, 0.717) is 24.1 Å². The van der Waals surface area contributed by atoms with Crippen molar-refractivity contribution in [3.8, 4) is 5.75 Å². The van der Waals surface area contributed by atoms with E-state index >= 15 is 0 Å².